The van der Waals surface area contributed by atoms with Crippen LogP contribution < -0.4 is 0 Å². The summed E-state index contributed by atoms with van der Waals surface area (Å²) in [6.45, 7) is 4.26. The van der Waals surface area contributed by atoms with Crippen molar-refractivity contribution in [1.82, 2.24) is 0 Å². The minimum absolute atomic E-state index is 0.322. The molecule has 0 heterocycles. The van der Waals surface area contributed by atoms with Crippen molar-refractivity contribution < 1.29 is 14.3 Å². The van der Waals surface area contributed by atoms with Crippen LogP contribution in [0.3, 0.4) is 0 Å². The van der Waals surface area contributed by atoms with Gasteiger partial charge in [-0.05, 0) is 24.0 Å². The van der Waals surface area contributed by atoms with Gasteiger partial charge in [0.25, 0.3) is 0 Å². The molecule has 0 amide bonds. The monoisotopic (exact) mass is 374 g/mol. The van der Waals surface area contributed by atoms with Gasteiger partial charge in [0.2, 0.25) is 0 Å². The zero-order valence-electron chi connectivity index (χ0n) is 11.1. The van der Waals surface area contributed by atoms with Gasteiger partial charge in [-0.2, -0.15) is 0 Å². The summed E-state index contributed by atoms with van der Waals surface area (Å²) in [6, 6.07) is 10.0. The molecule has 0 radical (unpaired) electrons. The SMILES string of the molecule is C=C(CI)CO[C@@H](CCc1ccccc1)C(=O)OC. The second-order valence-corrected chi connectivity index (χ2v) is 4.99. The summed E-state index contributed by atoms with van der Waals surface area (Å²) < 4.78 is 11.2. The molecule has 0 aliphatic rings. The van der Waals surface area contributed by atoms with Crippen LogP contribution in [0.5, 0.6) is 0 Å². The fourth-order valence-electron chi connectivity index (χ4n) is 1.60. The van der Waals surface area contributed by atoms with E-state index in [1.807, 2.05) is 30.3 Å². The van der Waals surface area contributed by atoms with E-state index in [9.17, 15) is 4.79 Å². The normalized spacial score (nSPS) is 11.9. The molecule has 19 heavy (non-hydrogen) atoms. The Balaban J connectivity index is 2.50. The Bertz CT molecular complexity index is 403. The van der Waals surface area contributed by atoms with Crippen molar-refractivity contribution in [1.29, 1.82) is 0 Å². The Hall–Kier alpha value is -0.880. The predicted octanol–water partition coefficient (Wildman–Crippen LogP) is 3.17. The van der Waals surface area contributed by atoms with E-state index in [-0.39, 0.29) is 5.97 Å². The fourth-order valence-corrected chi connectivity index (χ4v) is 1.82. The van der Waals surface area contributed by atoms with E-state index in [2.05, 4.69) is 29.2 Å². The predicted molar refractivity (Wildman–Crippen MR) is 84.5 cm³/mol. The van der Waals surface area contributed by atoms with Crippen molar-refractivity contribution in [3.05, 3.63) is 48.0 Å². The van der Waals surface area contributed by atoms with Gasteiger partial charge in [0, 0.05) is 4.43 Å². The second-order valence-electron chi connectivity index (χ2n) is 4.23. The Labute approximate surface area is 128 Å². The van der Waals surface area contributed by atoms with Crippen LogP contribution in [0.4, 0.5) is 0 Å². The average molecular weight is 374 g/mol. The highest BCUT2D eigenvalue weighted by Crippen LogP contribution is 2.10. The van der Waals surface area contributed by atoms with Gasteiger partial charge < -0.3 is 9.47 Å². The molecule has 0 N–H and O–H groups in total. The van der Waals surface area contributed by atoms with E-state index < -0.39 is 6.10 Å². The maximum Gasteiger partial charge on any atom is 0.334 e. The van der Waals surface area contributed by atoms with Crippen molar-refractivity contribution in [2.75, 3.05) is 18.1 Å². The number of alkyl halides is 1. The molecular weight excluding hydrogens is 355 g/mol. The number of carbonyl (C=O) groups is 1. The minimum atomic E-state index is -0.523. The number of hydrogen-bond acceptors (Lipinski definition) is 3. The van der Waals surface area contributed by atoms with Crippen molar-refractivity contribution >= 4 is 28.6 Å². The largest absolute Gasteiger partial charge is 0.467 e. The zero-order valence-corrected chi connectivity index (χ0v) is 13.3. The lowest BCUT2D eigenvalue weighted by atomic mass is 10.1. The van der Waals surface area contributed by atoms with E-state index in [4.69, 9.17) is 9.47 Å². The van der Waals surface area contributed by atoms with Gasteiger partial charge in [0.1, 0.15) is 0 Å². The molecule has 4 heteroatoms. The highest BCUT2D eigenvalue weighted by molar-refractivity contribution is 14.1. The van der Waals surface area contributed by atoms with Crippen molar-refractivity contribution in [2.45, 2.75) is 18.9 Å². The summed E-state index contributed by atoms with van der Waals surface area (Å²) in [7, 11) is 1.38. The summed E-state index contributed by atoms with van der Waals surface area (Å²) in [5, 5.41) is 0. The number of esters is 1. The molecule has 0 aliphatic carbocycles. The smallest absolute Gasteiger partial charge is 0.334 e. The molecule has 1 atom stereocenters. The first-order chi connectivity index (χ1) is 9.17. The number of methoxy groups -OCH3 is 1. The molecule has 3 nitrogen and oxygen atoms in total. The third-order valence-corrected chi connectivity index (χ3v) is 3.76. The lowest BCUT2D eigenvalue weighted by Crippen LogP contribution is -2.27. The summed E-state index contributed by atoms with van der Waals surface area (Å²) in [5.41, 5.74) is 2.15. The number of halogens is 1. The number of hydrogen-bond donors (Lipinski definition) is 0. The van der Waals surface area contributed by atoms with Crippen LogP contribution in [0.15, 0.2) is 42.5 Å². The Kier molecular flexibility index (Phi) is 7.74. The first-order valence-corrected chi connectivity index (χ1v) is 7.66. The molecule has 1 aromatic rings. The fraction of sp³-hybridized carbons (Fsp3) is 0.400. The van der Waals surface area contributed by atoms with E-state index in [0.29, 0.717) is 13.0 Å². The lowest BCUT2D eigenvalue weighted by molar-refractivity contribution is -0.153. The Morgan fingerprint density at radius 3 is 2.63 bits per heavy atom. The summed E-state index contributed by atoms with van der Waals surface area (Å²) in [6.07, 6.45) is 0.882. The van der Waals surface area contributed by atoms with Gasteiger partial charge in [-0.3, -0.25) is 0 Å². The van der Waals surface area contributed by atoms with E-state index >= 15 is 0 Å². The Morgan fingerprint density at radius 1 is 1.37 bits per heavy atom. The van der Waals surface area contributed by atoms with Gasteiger partial charge >= 0.3 is 5.97 Å². The molecule has 0 fully saturated rings. The van der Waals surface area contributed by atoms with Gasteiger partial charge in [-0.25, -0.2) is 4.79 Å². The number of aryl methyl sites for hydroxylation is 1. The molecule has 1 aromatic carbocycles. The minimum Gasteiger partial charge on any atom is -0.467 e. The second kappa shape index (κ2) is 9.09. The number of benzene rings is 1. The molecule has 0 aromatic heterocycles. The topological polar surface area (TPSA) is 35.5 Å². The average Bonchev–Trinajstić information content (AvgIpc) is 2.47. The highest BCUT2D eigenvalue weighted by atomic mass is 127. The van der Waals surface area contributed by atoms with Crippen molar-refractivity contribution in [2.24, 2.45) is 0 Å². The number of rotatable bonds is 8. The zero-order chi connectivity index (χ0) is 14.1. The quantitative estimate of drug-likeness (QED) is 0.304. The molecule has 1 rings (SSSR count). The van der Waals surface area contributed by atoms with E-state index in [0.717, 1.165) is 16.4 Å². The van der Waals surface area contributed by atoms with Crippen molar-refractivity contribution in [3.8, 4) is 0 Å². The molecule has 0 aliphatic heterocycles. The Morgan fingerprint density at radius 2 is 2.05 bits per heavy atom. The van der Waals surface area contributed by atoms with Gasteiger partial charge in [-0.15, -0.1) is 0 Å². The standard InChI is InChI=1S/C15H19IO3/c1-12(10-16)11-19-14(15(17)18-2)9-8-13-6-4-3-5-7-13/h3-7,14H,1,8-11H2,2H3/t14-/m0/s1. The van der Waals surface area contributed by atoms with Crippen LogP contribution in [0.1, 0.15) is 12.0 Å². The molecule has 0 saturated carbocycles. The van der Waals surface area contributed by atoms with E-state index in [1.54, 1.807) is 0 Å². The molecule has 104 valence electrons. The molecular formula is C15H19IO3. The lowest BCUT2D eigenvalue weighted by Gasteiger charge is -2.16. The third kappa shape index (κ3) is 6.20. The number of carbonyl (C=O) groups excluding carboxylic acids is 1. The maximum atomic E-state index is 11.7. The maximum absolute atomic E-state index is 11.7. The number of ether oxygens (including phenoxy) is 2. The van der Waals surface area contributed by atoms with Crippen LogP contribution in [0.25, 0.3) is 0 Å². The van der Waals surface area contributed by atoms with Gasteiger partial charge in [0.15, 0.2) is 6.10 Å². The van der Waals surface area contributed by atoms with Gasteiger partial charge in [0.05, 0.1) is 13.7 Å². The molecule has 0 bridgehead atoms. The third-order valence-electron chi connectivity index (χ3n) is 2.68. The van der Waals surface area contributed by atoms with Crippen LogP contribution in [0, 0.1) is 0 Å². The van der Waals surface area contributed by atoms with Gasteiger partial charge in [-0.1, -0.05) is 59.5 Å². The first-order valence-electron chi connectivity index (χ1n) is 6.13. The van der Waals surface area contributed by atoms with Crippen LogP contribution in [-0.2, 0) is 20.7 Å². The summed E-state index contributed by atoms with van der Waals surface area (Å²) >= 11 is 2.22. The van der Waals surface area contributed by atoms with Crippen LogP contribution in [-0.4, -0.2) is 30.2 Å². The molecule has 0 unspecified atom stereocenters. The summed E-state index contributed by atoms with van der Waals surface area (Å²) in [5.74, 6) is -0.322. The first kappa shape index (κ1) is 16.2. The van der Waals surface area contributed by atoms with Crippen molar-refractivity contribution in [3.63, 3.8) is 0 Å². The van der Waals surface area contributed by atoms with E-state index in [1.165, 1.54) is 12.7 Å². The van der Waals surface area contributed by atoms with Crippen LogP contribution >= 0.6 is 22.6 Å². The summed E-state index contributed by atoms with van der Waals surface area (Å²) in [4.78, 5) is 11.7. The molecule has 0 spiro atoms. The highest BCUT2D eigenvalue weighted by Gasteiger charge is 2.19. The molecule has 0 saturated heterocycles. The van der Waals surface area contributed by atoms with Crippen LogP contribution in [0.2, 0.25) is 0 Å².